The van der Waals surface area contributed by atoms with Gasteiger partial charge in [0.1, 0.15) is 18.4 Å². The molecule has 6 nitrogen and oxygen atoms in total. The third kappa shape index (κ3) is 4.27. The van der Waals surface area contributed by atoms with Crippen LogP contribution < -0.4 is 10.1 Å². The highest BCUT2D eigenvalue weighted by atomic mass is 35.5. The zero-order chi connectivity index (χ0) is 19.2. The molecule has 3 aromatic rings. The van der Waals surface area contributed by atoms with Gasteiger partial charge >= 0.3 is 6.09 Å². The van der Waals surface area contributed by atoms with Gasteiger partial charge in [-0.25, -0.2) is 4.79 Å². The first-order valence-corrected chi connectivity index (χ1v) is 8.50. The highest BCUT2D eigenvalue weighted by Crippen LogP contribution is 2.31. The van der Waals surface area contributed by atoms with Crippen molar-refractivity contribution in [2.75, 3.05) is 7.11 Å². The van der Waals surface area contributed by atoms with Crippen molar-refractivity contribution in [2.24, 2.45) is 0 Å². The fraction of sp³-hybridized carbons (Fsp3) is 0.150. The number of hydrogen-bond donors (Lipinski definition) is 1. The molecule has 1 N–H and O–H groups in total. The van der Waals surface area contributed by atoms with Crippen LogP contribution in [0.15, 0.2) is 48.7 Å². The van der Waals surface area contributed by atoms with Gasteiger partial charge in [0, 0.05) is 23.7 Å². The van der Waals surface area contributed by atoms with Gasteiger partial charge in [-0.05, 0) is 17.7 Å². The average Bonchev–Trinajstić information content (AvgIpc) is 2.71. The fourth-order valence-corrected chi connectivity index (χ4v) is 2.82. The Kier molecular flexibility index (Phi) is 5.74. The lowest BCUT2D eigenvalue weighted by molar-refractivity contribution is 0.139. The Morgan fingerprint density at radius 3 is 2.78 bits per heavy atom. The molecule has 0 saturated heterocycles. The van der Waals surface area contributed by atoms with E-state index in [4.69, 9.17) is 26.3 Å². The maximum Gasteiger partial charge on any atom is 0.407 e. The zero-order valence-electron chi connectivity index (χ0n) is 14.5. The van der Waals surface area contributed by atoms with E-state index >= 15 is 0 Å². The molecule has 0 aliphatic heterocycles. The maximum atomic E-state index is 11.9. The molecule has 27 heavy (non-hydrogen) atoms. The fourth-order valence-electron chi connectivity index (χ4n) is 2.58. The van der Waals surface area contributed by atoms with Crippen molar-refractivity contribution in [1.82, 2.24) is 10.3 Å². The van der Waals surface area contributed by atoms with E-state index in [1.165, 1.54) is 13.3 Å². The van der Waals surface area contributed by atoms with E-state index in [9.17, 15) is 4.79 Å². The molecule has 1 aromatic heterocycles. The van der Waals surface area contributed by atoms with Gasteiger partial charge in [-0.15, -0.1) is 0 Å². The van der Waals surface area contributed by atoms with Crippen LogP contribution in [0.2, 0.25) is 5.02 Å². The molecule has 136 valence electrons. The maximum absolute atomic E-state index is 11.9. The summed E-state index contributed by atoms with van der Waals surface area (Å²) >= 11 is 6.24. The van der Waals surface area contributed by atoms with Crippen molar-refractivity contribution in [2.45, 2.75) is 13.2 Å². The van der Waals surface area contributed by atoms with Crippen molar-refractivity contribution in [3.63, 3.8) is 0 Å². The quantitative estimate of drug-likeness (QED) is 0.716. The normalized spacial score (nSPS) is 10.3. The minimum atomic E-state index is -0.535. The van der Waals surface area contributed by atoms with E-state index in [-0.39, 0.29) is 13.2 Å². The predicted molar refractivity (Wildman–Crippen MR) is 101 cm³/mol. The van der Waals surface area contributed by atoms with Gasteiger partial charge in [-0.3, -0.25) is 4.98 Å². The van der Waals surface area contributed by atoms with Crippen LogP contribution in [0.5, 0.6) is 5.75 Å². The molecule has 0 atom stereocenters. The smallest absolute Gasteiger partial charge is 0.407 e. The number of nitriles is 1. The van der Waals surface area contributed by atoms with Crippen molar-refractivity contribution in [3.05, 3.63) is 70.4 Å². The summed E-state index contributed by atoms with van der Waals surface area (Å²) in [5.74, 6) is 0.532. The van der Waals surface area contributed by atoms with Crippen LogP contribution in [0, 0.1) is 11.3 Å². The minimum Gasteiger partial charge on any atom is -0.496 e. The van der Waals surface area contributed by atoms with Crippen molar-refractivity contribution in [3.8, 4) is 11.8 Å². The number of benzene rings is 2. The molecule has 0 aliphatic rings. The molecule has 0 aliphatic carbocycles. The molecular formula is C20H16ClN3O3. The summed E-state index contributed by atoms with van der Waals surface area (Å²) in [5.41, 5.74) is 2.52. The largest absolute Gasteiger partial charge is 0.496 e. The number of alkyl carbamates (subject to hydrolysis) is 1. The highest BCUT2D eigenvalue weighted by Gasteiger charge is 2.13. The summed E-state index contributed by atoms with van der Waals surface area (Å²) in [4.78, 5) is 16.2. The third-order valence-electron chi connectivity index (χ3n) is 3.96. The summed E-state index contributed by atoms with van der Waals surface area (Å²) in [6.45, 7) is 0.391. The Labute approximate surface area is 161 Å². The summed E-state index contributed by atoms with van der Waals surface area (Å²) in [7, 11) is 1.52. The SMILES string of the molecule is COc1cc2c(Cl)c(C#N)cnc2cc1CNC(=O)OCc1ccccc1. The first-order valence-electron chi connectivity index (χ1n) is 8.12. The summed E-state index contributed by atoms with van der Waals surface area (Å²) in [5, 5.41) is 12.7. The number of rotatable bonds is 5. The average molecular weight is 382 g/mol. The van der Waals surface area contributed by atoms with Crippen LogP contribution in [-0.4, -0.2) is 18.2 Å². The molecule has 0 fully saturated rings. The van der Waals surface area contributed by atoms with Crippen LogP contribution in [0.3, 0.4) is 0 Å². The predicted octanol–water partition coefficient (Wildman–Crippen LogP) is 4.19. The first-order chi connectivity index (χ1) is 13.1. The second-order valence-corrected chi connectivity index (χ2v) is 6.07. The molecule has 3 rings (SSSR count). The molecule has 0 saturated carbocycles. The summed E-state index contributed by atoms with van der Waals surface area (Å²) in [6.07, 6.45) is 0.884. The Morgan fingerprint density at radius 2 is 2.07 bits per heavy atom. The second-order valence-electron chi connectivity index (χ2n) is 5.69. The number of carbonyl (C=O) groups excluding carboxylic acids is 1. The van der Waals surface area contributed by atoms with E-state index in [0.29, 0.717) is 27.2 Å². The number of ether oxygens (including phenoxy) is 2. The topological polar surface area (TPSA) is 84.2 Å². The number of aromatic nitrogens is 1. The number of nitrogens with one attached hydrogen (secondary N) is 1. The monoisotopic (exact) mass is 381 g/mol. The third-order valence-corrected chi connectivity index (χ3v) is 4.37. The highest BCUT2D eigenvalue weighted by molar-refractivity contribution is 6.36. The number of methoxy groups -OCH3 is 1. The molecule has 1 heterocycles. The first kappa shape index (κ1) is 18.5. The number of halogens is 1. The molecule has 0 spiro atoms. The molecular weight excluding hydrogens is 366 g/mol. The van der Waals surface area contributed by atoms with Gasteiger partial charge in [0.25, 0.3) is 0 Å². The molecule has 1 amide bonds. The Morgan fingerprint density at radius 1 is 1.30 bits per heavy atom. The Balaban J connectivity index is 1.72. The van der Waals surface area contributed by atoms with Gasteiger partial charge in [0.05, 0.1) is 23.2 Å². The van der Waals surface area contributed by atoms with Crippen molar-refractivity contribution in [1.29, 1.82) is 5.26 Å². The Bertz CT molecular complexity index is 1020. The lowest BCUT2D eigenvalue weighted by Crippen LogP contribution is -2.23. The number of hydrogen-bond acceptors (Lipinski definition) is 5. The van der Waals surface area contributed by atoms with Crippen LogP contribution in [0.25, 0.3) is 10.9 Å². The van der Waals surface area contributed by atoms with E-state index in [0.717, 1.165) is 11.1 Å². The molecule has 2 aromatic carbocycles. The lowest BCUT2D eigenvalue weighted by atomic mass is 10.1. The van der Waals surface area contributed by atoms with Crippen LogP contribution in [0.1, 0.15) is 16.7 Å². The van der Waals surface area contributed by atoms with Crippen molar-refractivity contribution < 1.29 is 14.3 Å². The number of amides is 1. The molecule has 0 bridgehead atoms. The minimum absolute atomic E-state index is 0.190. The van der Waals surface area contributed by atoms with E-state index in [1.54, 1.807) is 12.1 Å². The molecule has 0 unspecified atom stereocenters. The van der Waals surface area contributed by atoms with E-state index in [2.05, 4.69) is 10.3 Å². The number of nitrogens with zero attached hydrogens (tertiary/aromatic N) is 2. The number of pyridine rings is 1. The van der Waals surface area contributed by atoms with Crippen molar-refractivity contribution >= 4 is 28.6 Å². The van der Waals surface area contributed by atoms with E-state index < -0.39 is 6.09 Å². The van der Waals surface area contributed by atoms with Gasteiger partial charge in [-0.2, -0.15) is 5.26 Å². The van der Waals surface area contributed by atoms with Gasteiger partial charge in [0.15, 0.2) is 0 Å². The number of carbonyl (C=O) groups is 1. The Hall–Kier alpha value is -3.30. The van der Waals surface area contributed by atoms with Gasteiger partial charge < -0.3 is 14.8 Å². The van der Waals surface area contributed by atoms with E-state index in [1.807, 2.05) is 36.4 Å². The lowest BCUT2D eigenvalue weighted by Gasteiger charge is -2.12. The van der Waals surface area contributed by atoms with Gasteiger partial charge in [-0.1, -0.05) is 41.9 Å². The summed E-state index contributed by atoms with van der Waals surface area (Å²) < 4.78 is 10.6. The second kappa shape index (κ2) is 8.39. The zero-order valence-corrected chi connectivity index (χ0v) is 15.3. The molecule has 0 radical (unpaired) electrons. The standard InChI is InChI=1S/C20H16ClN3O3/c1-26-18-8-16-17(23-11-15(9-22)19(16)21)7-14(18)10-24-20(25)27-12-13-5-3-2-4-6-13/h2-8,11H,10,12H2,1H3,(H,24,25). The van der Waals surface area contributed by atoms with Crippen LogP contribution >= 0.6 is 11.6 Å². The molecule has 7 heteroatoms. The van der Waals surface area contributed by atoms with Gasteiger partial charge in [0.2, 0.25) is 0 Å². The van der Waals surface area contributed by atoms with Crippen LogP contribution in [-0.2, 0) is 17.9 Å². The number of fused-ring (bicyclic) bond motifs is 1. The summed E-state index contributed by atoms with van der Waals surface area (Å²) in [6, 6.07) is 14.9. The van der Waals surface area contributed by atoms with Crippen LogP contribution in [0.4, 0.5) is 4.79 Å².